The van der Waals surface area contributed by atoms with E-state index in [1.165, 1.54) is 6.08 Å². The van der Waals surface area contributed by atoms with Crippen LogP contribution in [0.5, 0.6) is 0 Å². The van der Waals surface area contributed by atoms with Crippen LogP contribution in [0.1, 0.15) is 16.7 Å². The molecule has 4 aromatic rings. The van der Waals surface area contributed by atoms with Crippen molar-refractivity contribution in [2.45, 2.75) is 6.42 Å². The highest BCUT2D eigenvalue weighted by molar-refractivity contribution is 6.46. The van der Waals surface area contributed by atoms with Crippen LogP contribution in [0.25, 0.3) is 6.08 Å². The van der Waals surface area contributed by atoms with Gasteiger partial charge in [-0.15, -0.1) is 0 Å². The summed E-state index contributed by atoms with van der Waals surface area (Å²) in [6.45, 7) is 0. The number of carbonyl (C=O) groups excluding carboxylic acids is 3. The third kappa shape index (κ3) is 4.92. The Labute approximate surface area is 224 Å². The summed E-state index contributed by atoms with van der Waals surface area (Å²) in [6, 6.07) is 29.0. The standard InChI is InChI=1S/C30H20Cl2N2O3/c31-23-16-15-20(17-21-9-7-8-14-27(21)32)22(18-23)19-26-28(35)33(24-10-3-1-4-11-24)30(37)34(29(26)36)25-12-5-2-6-13-25/h1-16,18-19H,17H2. The Bertz CT molecular complexity index is 1470. The van der Waals surface area contributed by atoms with Gasteiger partial charge in [0.1, 0.15) is 5.57 Å². The van der Waals surface area contributed by atoms with Gasteiger partial charge in [0.15, 0.2) is 0 Å². The van der Waals surface area contributed by atoms with E-state index in [2.05, 4.69) is 0 Å². The second-order valence-electron chi connectivity index (χ2n) is 8.40. The number of halogens is 2. The van der Waals surface area contributed by atoms with Crippen molar-refractivity contribution in [1.29, 1.82) is 0 Å². The van der Waals surface area contributed by atoms with Crippen LogP contribution in [0.15, 0.2) is 109 Å². The first-order valence-electron chi connectivity index (χ1n) is 11.5. The maximum atomic E-state index is 13.7. The number of imide groups is 2. The lowest BCUT2D eigenvalue weighted by Gasteiger charge is -2.34. The van der Waals surface area contributed by atoms with Crippen molar-refractivity contribution in [2.75, 3.05) is 9.80 Å². The second-order valence-corrected chi connectivity index (χ2v) is 9.25. The third-order valence-electron chi connectivity index (χ3n) is 6.02. The minimum Gasteiger partial charge on any atom is -0.268 e. The van der Waals surface area contributed by atoms with Gasteiger partial charge in [-0.2, -0.15) is 0 Å². The van der Waals surface area contributed by atoms with Gasteiger partial charge in [0.05, 0.1) is 11.4 Å². The molecule has 4 amide bonds. The highest BCUT2D eigenvalue weighted by Crippen LogP contribution is 2.31. The molecule has 0 spiro atoms. The van der Waals surface area contributed by atoms with Crippen LogP contribution in [0, 0.1) is 0 Å². The molecule has 0 bridgehead atoms. The molecule has 5 rings (SSSR count). The van der Waals surface area contributed by atoms with E-state index in [1.54, 1.807) is 78.9 Å². The number of urea groups is 1. The normalized spacial score (nSPS) is 13.8. The van der Waals surface area contributed by atoms with Gasteiger partial charge in [0, 0.05) is 10.0 Å². The van der Waals surface area contributed by atoms with Crippen LogP contribution in [-0.4, -0.2) is 17.8 Å². The van der Waals surface area contributed by atoms with Crippen molar-refractivity contribution < 1.29 is 14.4 Å². The van der Waals surface area contributed by atoms with Gasteiger partial charge in [-0.05, 0) is 71.7 Å². The second kappa shape index (κ2) is 10.4. The summed E-state index contributed by atoms with van der Waals surface area (Å²) in [5.74, 6) is -1.42. The van der Waals surface area contributed by atoms with E-state index in [0.717, 1.165) is 20.9 Å². The van der Waals surface area contributed by atoms with Crippen LogP contribution < -0.4 is 9.80 Å². The topological polar surface area (TPSA) is 57.7 Å². The van der Waals surface area contributed by atoms with E-state index >= 15 is 0 Å². The number of hydrogen-bond acceptors (Lipinski definition) is 3. The molecule has 0 aromatic heterocycles. The first-order valence-corrected chi connectivity index (χ1v) is 12.3. The third-order valence-corrected chi connectivity index (χ3v) is 6.63. The Morgan fingerprint density at radius 3 is 1.73 bits per heavy atom. The number of carbonyl (C=O) groups is 3. The number of barbiturate groups is 1. The average molecular weight is 527 g/mol. The van der Waals surface area contributed by atoms with E-state index in [4.69, 9.17) is 23.2 Å². The van der Waals surface area contributed by atoms with Crippen molar-refractivity contribution >= 4 is 58.5 Å². The van der Waals surface area contributed by atoms with E-state index in [1.807, 2.05) is 24.3 Å². The van der Waals surface area contributed by atoms with E-state index in [-0.39, 0.29) is 5.57 Å². The molecule has 0 saturated carbocycles. The van der Waals surface area contributed by atoms with Gasteiger partial charge in [0.2, 0.25) is 0 Å². The molecule has 0 N–H and O–H groups in total. The lowest BCUT2D eigenvalue weighted by atomic mass is 9.97. The molecule has 0 aliphatic carbocycles. The van der Waals surface area contributed by atoms with Gasteiger partial charge >= 0.3 is 6.03 Å². The van der Waals surface area contributed by atoms with Crippen LogP contribution in [-0.2, 0) is 16.0 Å². The summed E-state index contributed by atoms with van der Waals surface area (Å²) in [4.78, 5) is 42.9. The SMILES string of the molecule is O=C1C(=Cc2cc(Cl)ccc2Cc2ccccc2Cl)C(=O)N(c2ccccc2)C(=O)N1c1ccccc1. The molecule has 37 heavy (non-hydrogen) atoms. The van der Waals surface area contributed by atoms with E-state index < -0.39 is 17.8 Å². The smallest absolute Gasteiger partial charge is 0.268 e. The molecule has 5 nitrogen and oxygen atoms in total. The molecule has 1 aliphatic rings. The van der Waals surface area contributed by atoms with Crippen LogP contribution in [0.3, 0.4) is 0 Å². The molecule has 7 heteroatoms. The van der Waals surface area contributed by atoms with Gasteiger partial charge in [-0.3, -0.25) is 9.59 Å². The molecule has 4 aromatic carbocycles. The summed E-state index contributed by atoms with van der Waals surface area (Å²) in [6.07, 6.45) is 1.96. The van der Waals surface area contributed by atoms with Gasteiger partial charge in [0.25, 0.3) is 11.8 Å². The first-order chi connectivity index (χ1) is 17.9. The fraction of sp³-hybridized carbons (Fsp3) is 0.0333. The molecule has 0 unspecified atom stereocenters. The van der Waals surface area contributed by atoms with Crippen LogP contribution in [0.4, 0.5) is 16.2 Å². The number of para-hydroxylation sites is 2. The van der Waals surface area contributed by atoms with Crippen LogP contribution in [0.2, 0.25) is 10.0 Å². The fourth-order valence-corrected chi connectivity index (χ4v) is 4.59. The van der Waals surface area contributed by atoms with Crippen molar-refractivity contribution in [3.8, 4) is 0 Å². The maximum Gasteiger partial charge on any atom is 0.343 e. The Balaban J connectivity index is 1.65. The molecule has 1 saturated heterocycles. The molecule has 1 heterocycles. The van der Waals surface area contributed by atoms with Crippen molar-refractivity contribution in [3.05, 3.63) is 135 Å². The molecular formula is C30H20Cl2N2O3. The molecular weight excluding hydrogens is 507 g/mol. The zero-order valence-electron chi connectivity index (χ0n) is 19.5. The summed E-state index contributed by atoms with van der Waals surface area (Å²) >= 11 is 12.7. The molecule has 0 radical (unpaired) electrons. The molecule has 0 atom stereocenters. The Kier molecular flexibility index (Phi) is 6.91. The minimum absolute atomic E-state index is 0.157. The quantitative estimate of drug-likeness (QED) is 0.204. The van der Waals surface area contributed by atoms with E-state index in [0.29, 0.717) is 33.4 Å². The number of amides is 4. The van der Waals surface area contributed by atoms with Crippen molar-refractivity contribution in [2.24, 2.45) is 0 Å². The largest absolute Gasteiger partial charge is 0.343 e. The Morgan fingerprint density at radius 1 is 0.622 bits per heavy atom. The Hall–Kier alpha value is -4.19. The summed E-state index contributed by atoms with van der Waals surface area (Å²) in [5.41, 5.74) is 2.85. The first kappa shape index (κ1) is 24.5. The number of anilines is 2. The lowest BCUT2D eigenvalue weighted by Crippen LogP contribution is -2.57. The van der Waals surface area contributed by atoms with Crippen LogP contribution >= 0.6 is 23.2 Å². The fourth-order valence-electron chi connectivity index (χ4n) is 4.20. The zero-order chi connectivity index (χ0) is 25.9. The zero-order valence-corrected chi connectivity index (χ0v) is 21.0. The molecule has 1 aliphatic heterocycles. The summed E-state index contributed by atoms with van der Waals surface area (Å²) in [7, 11) is 0. The predicted molar refractivity (Wildman–Crippen MR) is 147 cm³/mol. The van der Waals surface area contributed by atoms with Gasteiger partial charge < -0.3 is 0 Å². The molecule has 182 valence electrons. The van der Waals surface area contributed by atoms with Gasteiger partial charge in [-0.25, -0.2) is 14.6 Å². The monoisotopic (exact) mass is 526 g/mol. The molecule has 1 fully saturated rings. The lowest BCUT2D eigenvalue weighted by molar-refractivity contribution is -0.121. The summed E-state index contributed by atoms with van der Waals surface area (Å²) in [5, 5.41) is 1.05. The van der Waals surface area contributed by atoms with Crippen molar-refractivity contribution in [3.63, 3.8) is 0 Å². The van der Waals surface area contributed by atoms with Crippen molar-refractivity contribution in [1.82, 2.24) is 0 Å². The van der Waals surface area contributed by atoms with Gasteiger partial charge in [-0.1, -0.05) is 83.9 Å². The number of rotatable bonds is 5. The van der Waals surface area contributed by atoms with E-state index in [9.17, 15) is 14.4 Å². The number of nitrogens with zero attached hydrogens (tertiary/aromatic N) is 2. The Morgan fingerprint density at radius 2 is 1.16 bits per heavy atom. The maximum absolute atomic E-state index is 13.7. The number of hydrogen-bond donors (Lipinski definition) is 0. The highest BCUT2D eigenvalue weighted by atomic mass is 35.5. The average Bonchev–Trinajstić information content (AvgIpc) is 2.90. The predicted octanol–water partition coefficient (Wildman–Crippen LogP) is 7.17. The highest BCUT2D eigenvalue weighted by Gasteiger charge is 2.43. The number of benzene rings is 4. The summed E-state index contributed by atoms with van der Waals surface area (Å²) < 4.78 is 0. The minimum atomic E-state index is -0.744.